The van der Waals surface area contributed by atoms with Crippen molar-refractivity contribution in [2.75, 3.05) is 11.9 Å². The number of aromatic nitrogens is 3. The van der Waals surface area contributed by atoms with E-state index >= 15 is 0 Å². The molecule has 0 unspecified atom stereocenters. The molecule has 5 rings (SSSR count). The van der Waals surface area contributed by atoms with Crippen molar-refractivity contribution >= 4 is 11.5 Å². The van der Waals surface area contributed by atoms with Crippen molar-refractivity contribution in [2.45, 2.75) is 41.5 Å². The van der Waals surface area contributed by atoms with Crippen molar-refractivity contribution in [1.29, 1.82) is 0 Å². The maximum Gasteiger partial charge on any atom is 0.132 e. The molecule has 0 aliphatic rings. The van der Waals surface area contributed by atoms with Gasteiger partial charge in [-0.05, 0) is 86.3 Å². The van der Waals surface area contributed by atoms with Crippen LogP contribution in [0.5, 0.6) is 5.75 Å². The van der Waals surface area contributed by atoms with Crippen LogP contribution in [0.3, 0.4) is 0 Å². The van der Waals surface area contributed by atoms with Crippen LogP contribution in [-0.4, -0.2) is 27.3 Å². The van der Waals surface area contributed by atoms with E-state index in [-0.39, 0.29) is 26.8 Å². The normalized spacial score (nSPS) is 10.8. The second-order valence-corrected chi connectivity index (χ2v) is 10.6. The van der Waals surface area contributed by atoms with Crippen LogP contribution < -0.4 is 4.90 Å². The molecule has 0 aliphatic heterocycles. The fraction of sp³-hybridized carbons (Fsp3) is 0.206. The van der Waals surface area contributed by atoms with Crippen LogP contribution in [0.15, 0.2) is 66.9 Å². The first-order valence-electron chi connectivity index (χ1n) is 13.1. The van der Waals surface area contributed by atoms with Crippen LogP contribution in [0.1, 0.15) is 33.4 Å². The first kappa shape index (κ1) is 29.2. The van der Waals surface area contributed by atoms with Gasteiger partial charge in [0, 0.05) is 39.4 Å². The first-order chi connectivity index (χ1) is 18.6. The third-order valence-electron chi connectivity index (χ3n) is 6.86. The predicted octanol–water partition coefficient (Wildman–Crippen LogP) is 7.99. The second-order valence-electron chi connectivity index (χ2n) is 10.6. The average Bonchev–Trinajstić information content (AvgIpc) is 2.89. The fourth-order valence-corrected chi connectivity index (χ4v) is 5.02. The summed E-state index contributed by atoms with van der Waals surface area (Å²) in [6.07, 6.45) is 1.75. The molecular weight excluding hydrogens is 675 g/mol. The van der Waals surface area contributed by atoms with Gasteiger partial charge in [0.2, 0.25) is 0 Å². The van der Waals surface area contributed by atoms with Gasteiger partial charge < -0.3 is 10.0 Å². The number of phenols is 1. The van der Waals surface area contributed by atoms with Gasteiger partial charge in [-0.3, -0.25) is 0 Å². The summed E-state index contributed by atoms with van der Waals surface area (Å²) in [6, 6.07) is 24.4. The van der Waals surface area contributed by atoms with Crippen molar-refractivity contribution in [3.8, 4) is 39.4 Å². The van der Waals surface area contributed by atoms with Crippen LogP contribution in [-0.2, 0) is 21.1 Å². The molecule has 206 valence electrons. The van der Waals surface area contributed by atoms with Crippen molar-refractivity contribution in [1.82, 2.24) is 15.2 Å². The first-order valence-corrected chi connectivity index (χ1v) is 13.1. The predicted molar refractivity (Wildman–Crippen MR) is 160 cm³/mol. The summed E-state index contributed by atoms with van der Waals surface area (Å²) < 4.78 is 0. The zero-order valence-electron chi connectivity index (χ0n) is 23.9. The third kappa shape index (κ3) is 6.16. The van der Waals surface area contributed by atoms with Crippen molar-refractivity contribution in [2.24, 2.45) is 0 Å². The minimum Gasteiger partial charge on any atom is -0.507 e. The van der Waals surface area contributed by atoms with Gasteiger partial charge in [0.1, 0.15) is 11.6 Å². The Bertz CT molecular complexity index is 1690. The molecule has 0 bridgehead atoms. The standard InChI is InChI=1S/C34H33N4O.Pt/c1-20-8-21(2)11-26(10-20)27-17-32(30-14-22(3)9-25(6)34(30)39)36-33(18-27)38(7)29-13-23(4)12-28(16-29)31-15-24(5)19-35-37-31;/h8-15,17-19,39H,1-7H3;/q-1;. The molecule has 0 fully saturated rings. The Hall–Kier alpha value is -3.82. The van der Waals surface area contributed by atoms with E-state index in [9.17, 15) is 5.11 Å². The molecular formula is C34H33N4OPt-. The molecule has 5 aromatic rings. The van der Waals surface area contributed by atoms with Crippen LogP contribution in [0.4, 0.5) is 11.5 Å². The summed E-state index contributed by atoms with van der Waals surface area (Å²) in [4.78, 5) is 7.09. The quantitative estimate of drug-likeness (QED) is 0.188. The van der Waals surface area contributed by atoms with E-state index < -0.39 is 0 Å². The van der Waals surface area contributed by atoms with Gasteiger partial charge in [-0.2, -0.15) is 5.10 Å². The largest absolute Gasteiger partial charge is 0.507 e. The molecule has 0 spiro atoms. The maximum atomic E-state index is 11.0. The molecule has 0 aliphatic carbocycles. The smallest absolute Gasteiger partial charge is 0.132 e. The number of aromatic hydroxyl groups is 1. The van der Waals surface area contributed by atoms with E-state index in [2.05, 4.69) is 79.5 Å². The molecule has 0 saturated heterocycles. The molecule has 2 heterocycles. The maximum absolute atomic E-state index is 11.0. The molecule has 1 N–H and O–H groups in total. The number of phenolic OH excluding ortho intramolecular Hbond substituents is 1. The van der Waals surface area contributed by atoms with E-state index in [4.69, 9.17) is 4.98 Å². The van der Waals surface area contributed by atoms with Gasteiger partial charge in [0.25, 0.3) is 0 Å². The molecule has 2 aromatic heterocycles. The van der Waals surface area contributed by atoms with E-state index in [0.717, 1.165) is 67.4 Å². The Morgan fingerprint density at radius 3 is 2.02 bits per heavy atom. The number of hydrogen-bond acceptors (Lipinski definition) is 5. The molecule has 0 amide bonds. The molecule has 40 heavy (non-hydrogen) atoms. The van der Waals surface area contributed by atoms with Gasteiger partial charge >= 0.3 is 0 Å². The number of aryl methyl sites for hydroxylation is 6. The topological polar surface area (TPSA) is 62.1 Å². The number of benzene rings is 3. The number of hydrogen-bond donors (Lipinski definition) is 1. The Labute approximate surface area is 251 Å². The summed E-state index contributed by atoms with van der Waals surface area (Å²) in [5.74, 6) is 1.00. The molecule has 3 aromatic carbocycles. The molecule has 0 radical (unpaired) electrons. The molecule has 6 heteroatoms. The van der Waals surface area contributed by atoms with Crippen LogP contribution >= 0.6 is 0 Å². The zero-order chi connectivity index (χ0) is 27.8. The van der Waals surface area contributed by atoms with Gasteiger partial charge in [0.05, 0.1) is 11.9 Å². The second kappa shape index (κ2) is 11.7. The summed E-state index contributed by atoms with van der Waals surface area (Å²) in [7, 11) is 2.00. The minimum absolute atomic E-state index is 0. The number of rotatable bonds is 5. The monoisotopic (exact) mass is 708 g/mol. The Kier molecular flexibility index (Phi) is 8.56. The van der Waals surface area contributed by atoms with E-state index in [1.807, 2.05) is 50.9 Å². The minimum atomic E-state index is 0. The summed E-state index contributed by atoms with van der Waals surface area (Å²) >= 11 is 0. The summed E-state index contributed by atoms with van der Waals surface area (Å²) in [6.45, 7) is 12.2. The zero-order valence-corrected chi connectivity index (χ0v) is 26.2. The summed E-state index contributed by atoms with van der Waals surface area (Å²) in [5.41, 5.74) is 12.5. The molecule has 5 nitrogen and oxygen atoms in total. The Balaban J connectivity index is 0.00000370. The van der Waals surface area contributed by atoms with Gasteiger partial charge in [-0.15, -0.1) is 29.3 Å². The SMILES string of the molecule is Cc1cc(-c2cc(C)cnn2)[c-]c(N(C)c2cc(-c3cc(C)cc(C)c3)cc(-c3cc(C)cc(C)c3O)n2)c1.[Pt]. The number of anilines is 2. The van der Waals surface area contributed by atoms with Crippen molar-refractivity contribution in [3.63, 3.8) is 0 Å². The Morgan fingerprint density at radius 2 is 1.32 bits per heavy atom. The van der Waals surface area contributed by atoms with E-state index in [1.54, 1.807) is 6.20 Å². The van der Waals surface area contributed by atoms with Gasteiger partial charge in [0.15, 0.2) is 0 Å². The third-order valence-corrected chi connectivity index (χ3v) is 6.86. The summed E-state index contributed by atoms with van der Waals surface area (Å²) in [5, 5.41) is 19.5. The van der Waals surface area contributed by atoms with Crippen molar-refractivity contribution in [3.05, 3.63) is 106 Å². The van der Waals surface area contributed by atoms with Crippen LogP contribution in [0, 0.1) is 47.6 Å². The van der Waals surface area contributed by atoms with E-state index in [0.29, 0.717) is 0 Å². The van der Waals surface area contributed by atoms with Crippen molar-refractivity contribution < 1.29 is 26.2 Å². The van der Waals surface area contributed by atoms with Gasteiger partial charge in [-0.25, -0.2) is 10.1 Å². The molecule has 0 atom stereocenters. The fourth-order valence-electron chi connectivity index (χ4n) is 5.02. The number of nitrogens with zero attached hydrogens (tertiary/aromatic N) is 4. The molecule has 0 saturated carbocycles. The Morgan fingerprint density at radius 1 is 0.675 bits per heavy atom. The average molecular weight is 709 g/mol. The van der Waals surface area contributed by atoms with Gasteiger partial charge in [-0.1, -0.05) is 48.4 Å². The van der Waals surface area contributed by atoms with Crippen LogP contribution in [0.25, 0.3) is 33.6 Å². The number of pyridine rings is 1. The van der Waals surface area contributed by atoms with E-state index in [1.165, 1.54) is 11.1 Å². The van der Waals surface area contributed by atoms with Crippen LogP contribution in [0.2, 0.25) is 0 Å².